The Bertz CT molecular complexity index is 969. The van der Waals surface area contributed by atoms with Gasteiger partial charge in [-0.1, -0.05) is 6.07 Å². The molecule has 130 valence electrons. The van der Waals surface area contributed by atoms with Crippen LogP contribution in [0.3, 0.4) is 0 Å². The molecule has 1 N–H and O–H groups in total. The molecule has 3 aromatic rings. The van der Waals surface area contributed by atoms with Crippen molar-refractivity contribution in [3.8, 4) is 17.2 Å². The molecule has 0 saturated heterocycles. The second-order valence-electron chi connectivity index (χ2n) is 5.28. The summed E-state index contributed by atoms with van der Waals surface area (Å²) >= 11 is 0. The van der Waals surface area contributed by atoms with E-state index in [2.05, 4.69) is 14.7 Å². The first-order valence-electron chi connectivity index (χ1n) is 7.49. The van der Waals surface area contributed by atoms with Crippen LogP contribution in [-0.4, -0.2) is 25.5 Å². The van der Waals surface area contributed by atoms with Gasteiger partial charge in [0.05, 0.1) is 30.5 Å². The van der Waals surface area contributed by atoms with Gasteiger partial charge in [-0.25, -0.2) is 18.1 Å². The number of hydrogen-bond acceptors (Lipinski definition) is 6. The highest BCUT2D eigenvalue weighted by molar-refractivity contribution is 7.89. The van der Waals surface area contributed by atoms with E-state index in [1.807, 2.05) is 0 Å². The molecule has 7 nitrogen and oxygen atoms in total. The molecule has 0 aliphatic carbocycles. The minimum absolute atomic E-state index is 0.0111. The van der Waals surface area contributed by atoms with Crippen molar-refractivity contribution in [3.63, 3.8) is 0 Å². The van der Waals surface area contributed by atoms with E-state index in [-0.39, 0.29) is 11.4 Å². The van der Waals surface area contributed by atoms with E-state index >= 15 is 0 Å². The van der Waals surface area contributed by atoms with Gasteiger partial charge in [0.25, 0.3) is 0 Å². The van der Waals surface area contributed by atoms with Gasteiger partial charge in [0, 0.05) is 18.5 Å². The number of rotatable bonds is 6. The van der Waals surface area contributed by atoms with E-state index in [9.17, 15) is 8.42 Å². The van der Waals surface area contributed by atoms with Crippen molar-refractivity contribution >= 4 is 10.0 Å². The molecule has 2 heterocycles. The molecule has 0 radical (unpaired) electrons. The highest BCUT2D eigenvalue weighted by atomic mass is 32.2. The fourth-order valence-electron chi connectivity index (χ4n) is 2.35. The summed E-state index contributed by atoms with van der Waals surface area (Å²) in [6.07, 6.45) is 4.56. The Morgan fingerprint density at radius 1 is 1.20 bits per heavy atom. The van der Waals surface area contributed by atoms with E-state index in [0.717, 1.165) is 0 Å². The molecule has 25 heavy (non-hydrogen) atoms. The Balaban J connectivity index is 1.87. The molecule has 0 aliphatic heterocycles. The molecule has 8 heteroatoms. The van der Waals surface area contributed by atoms with Gasteiger partial charge in [-0.05, 0) is 30.7 Å². The zero-order valence-electron chi connectivity index (χ0n) is 13.8. The standard InChI is InChI=1S/C17H17N3O4S/c1-12-5-6-13(23-2)10-16(12)25(21,22)20-11-14-17(19-8-7-18-14)15-4-3-9-24-15/h3-10,20H,11H2,1-2H3. The van der Waals surface area contributed by atoms with Gasteiger partial charge < -0.3 is 9.15 Å². The van der Waals surface area contributed by atoms with Gasteiger partial charge in [0.15, 0.2) is 5.76 Å². The summed E-state index contributed by atoms with van der Waals surface area (Å²) in [5.41, 5.74) is 1.60. The average Bonchev–Trinajstić information content (AvgIpc) is 3.15. The third-order valence-corrected chi connectivity index (χ3v) is 5.19. The Morgan fingerprint density at radius 2 is 2.00 bits per heavy atom. The van der Waals surface area contributed by atoms with Gasteiger partial charge in [-0.2, -0.15) is 0 Å². The zero-order valence-corrected chi connectivity index (χ0v) is 14.6. The third-order valence-electron chi connectivity index (χ3n) is 3.64. The van der Waals surface area contributed by atoms with Crippen molar-refractivity contribution in [2.24, 2.45) is 0 Å². The number of furan rings is 1. The van der Waals surface area contributed by atoms with Crippen LogP contribution in [0.15, 0.2) is 58.3 Å². The Labute approximate surface area is 145 Å². The molecule has 0 amide bonds. The minimum atomic E-state index is -3.74. The number of nitrogens with one attached hydrogen (secondary N) is 1. The summed E-state index contributed by atoms with van der Waals surface area (Å²) in [5.74, 6) is 1.00. The number of benzene rings is 1. The predicted molar refractivity (Wildman–Crippen MR) is 91.5 cm³/mol. The van der Waals surface area contributed by atoms with Crippen LogP contribution in [0.5, 0.6) is 5.75 Å². The molecule has 0 fully saturated rings. The number of sulfonamides is 1. The Hall–Kier alpha value is -2.71. The largest absolute Gasteiger partial charge is 0.497 e. The number of aromatic nitrogens is 2. The van der Waals surface area contributed by atoms with Gasteiger partial charge in [-0.3, -0.25) is 4.98 Å². The second kappa shape index (κ2) is 7.04. The van der Waals surface area contributed by atoms with Crippen LogP contribution >= 0.6 is 0 Å². The highest BCUT2D eigenvalue weighted by Crippen LogP contribution is 2.23. The topological polar surface area (TPSA) is 94.3 Å². The van der Waals surface area contributed by atoms with Crippen molar-refractivity contribution in [1.82, 2.24) is 14.7 Å². The fraction of sp³-hybridized carbons (Fsp3) is 0.176. The van der Waals surface area contributed by atoms with E-state index in [1.54, 1.807) is 31.2 Å². The van der Waals surface area contributed by atoms with Crippen LogP contribution in [0.25, 0.3) is 11.5 Å². The van der Waals surface area contributed by atoms with E-state index < -0.39 is 10.0 Å². The maximum atomic E-state index is 12.7. The maximum absolute atomic E-state index is 12.7. The summed E-state index contributed by atoms with van der Waals surface area (Å²) in [7, 11) is -2.25. The molecule has 0 unspecified atom stereocenters. The average molecular weight is 359 g/mol. The highest BCUT2D eigenvalue weighted by Gasteiger charge is 2.19. The number of aryl methyl sites for hydroxylation is 1. The lowest BCUT2D eigenvalue weighted by Crippen LogP contribution is -2.25. The summed E-state index contributed by atoms with van der Waals surface area (Å²) in [6.45, 7) is 1.72. The number of methoxy groups -OCH3 is 1. The summed E-state index contributed by atoms with van der Waals surface area (Å²) in [4.78, 5) is 8.60. The van der Waals surface area contributed by atoms with Crippen molar-refractivity contribution in [1.29, 1.82) is 0 Å². The molecule has 0 aliphatic rings. The molecular formula is C17H17N3O4S. The maximum Gasteiger partial charge on any atom is 0.241 e. The van der Waals surface area contributed by atoms with Crippen LogP contribution in [0.2, 0.25) is 0 Å². The molecule has 0 spiro atoms. The minimum Gasteiger partial charge on any atom is -0.497 e. The van der Waals surface area contributed by atoms with Gasteiger partial charge >= 0.3 is 0 Å². The smallest absolute Gasteiger partial charge is 0.241 e. The van der Waals surface area contributed by atoms with E-state index in [0.29, 0.717) is 28.5 Å². The van der Waals surface area contributed by atoms with E-state index in [4.69, 9.17) is 9.15 Å². The fourth-order valence-corrected chi connectivity index (χ4v) is 3.60. The Morgan fingerprint density at radius 3 is 2.72 bits per heavy atom. The van der Waals surface area contributed by atoms with Gasteiger partial charge in [0.1, 0.15) is 11.4 Å². The molecule has 3 rings (SSSR count). The zero-order chi connectivity index (χ0) is 17.9. The number of ether oxygens (including phenoxy) is 1. The molecule has 1 aromatic carbocycles. The lowest BCUT2D eigenvalue weighted by molar-refractivity contribution is 0.413. The Kier molecular flexibility index (Phi) is 4.82. The molecule has 0 atom stereocenters. The first-order valence-corrected chi connectivity index (χ1v) is 8.97. The van der Waals surface area contributed by atoms with Crippen molar-refractivity contribution in [3.05, 3.63) is 60.2 Å². The van der Waals surface area contributed by atoms with Crippen LogP contribution in [0, 0.1) is 6.92 Å². The summed E-state index contributed by atoms with van der Waals surface area (Å²) in [6, 6.07) is 8.38. The van der Waals surface area contributed by atoms with Gasteiger partial charge in [-0.15, -0.1) is 0 Å². The van der Waals surface area contributed by atoms with Crippen LogP contribution in [-0.2, 0) is 16.6 Å². The van der Waals surface area contributed by atoms with E-state index in [1.165, 1.54) is 31.8 Å². The van der Waals surface area contributed by atoms with Crippen LogP contribution in [0.4, 0.5) is 0 Å². The third kappa shape index (κ3) is 3.70. The first kappa shape index (κ1) is 17.1. The normalized spacial score (nSPS) is 11.4. The molecule has 0 saturated carbocycles. The number of hydrogen-bond donors (Lipinski definition) is 1. The van der Waals surface area contributed by atoms with Crippen molar-refractivity contribution < 1.29 is 17.6 Å². The molecule has 2 aromatic heterocycles. The van der Waals surface area contributed by atoms with Crippen molar-refractivity contribution in [2.45, 2.75) is 18.4 Å². The molecular weight excluding hydrogens is 342 g/mol. The predicted octanol–water partition coefficient (Wildman–Crippen LogP) is 2.53. The summed E-state index contributed by atoms with van der Waals surface area (Å²) < 4.78 is 38.3. The lowest BCUT2D eigenvalue weighted by Gasteiger charge is -2.11. The second-order valence-corrected chi connectivity index (χ2v) is 7.02. The van der Waals surface area contributed by atoms with Crippen LogP contribution < -0.4 is 9.46 Å². The van der Waals surface area contributed by atoms with Gasteiger partial charge in [0.2, 0.25) is 10.0 Å². The SMILES string of the molecule is COc1ccc(C)c(S(=O)(=O)NCc2nccnc2-c2ccco2)c1. The first-order chi connectivity index (χ1) is 12.0. The molecule has 0 bridgehead atoms. The van der Waals surface area contributed by atoms with Crippen molar-refractivity contribution in [2.75, 3.05) is 7.11 Å². The van der Waals surface area contributed by atoms with Crippen LogP contribution in [0.1, 0.15) is 11.3 Å². The monoisotopic (exact) mass is 359 g/mol. The number of nitrogens with zero attached hydrogens (tertiary/aromatic N) is 2. The quantitative estimate of drug-likeness (QED) is 0.727. The lowest BCUT2D eigenvalue weighted by atomic mass is 10.2. The summed E-state index contributed by atoms with van der Waals surface area (Å²) in [5, 5.41) is 0.